The van der Waals surface area contributed by atoms with E-state index in [0.29, 0.717) is 11.1 Å². The van der Waals surface area contributed by atoms with Gasteiger partial charge in [0.2, 0.25) is 0 Å². The second-order valence-electron chi connectivity index (χ2n) is 8.98. The van der Waals surface area contributed by atoms with Crippen molar-refractivity contribution in [1.82, 2.24) is 5.32 Å². The van der Waals surface area contributed by atoms with Gasteiger partial charge in [-0.25, -0.2) is 9.18 Å². The van der Waals surface area contributed by atoms with Crippen molar-refractivity contribution in [3.63, 3.8) is 0 Å². The summed E-state index contributed by atoms with van der Waals surface area (Å²) in [6, 6.07) is 4.86. The number of rotatable bonds is 6. The van der Waals surface area contributed by atoms with E-state index in [1.807, 2.05) is 0 Å². The topological polar surface area (TPSA) is 76.7 Å². The van der Waals surface area contributed by atoms with Gasteiger partial charge in [0.05, 0.1) is 10.0 Å². The number of aliphatic imine (C=N–C) groups is 1. The number of nitrogens with one attached hydrogen (secondary N) is 1. The summed E-state index contributed by atoms with van der Waals surface area (Å²) in [5.74, 6) is 0. The number of carbonyl (C=O) groups is 1. The zero-order chi connectivity index (χ0) is 30.0. The molecule has 0 aliphatic carbocycles. The van der Waals surface area contributed by atoms with E-state index in [0.717, 1.165) is 12.4 Å². The Balaban J connectivity index is 2.38. The second-order valence-corrected chi connectivity index (χ2v) is 10.2. The van der Waals surface area contributed by atoms with Gasteiger partial charge in [0.1, 0.15) is 11.3 Å². The summed E-state index contributed by atoms with van der Waals surface area (Å²) < 4.78 is 98.2. The van der Waals surface area contributed by atoms with E-state index in [9.17, 15) is 35.5 Å². The lowest BCUT2D eigenvalue weighted by Crippen LogP contribution is -2.50. The monoisotopic (exact) mass is 621 g/mol. The van der Waals surface area contributed by atoms with Crippen LogP contribution < -0.4 is 11.1 Å². The molecule has 0 saturated heterocycles. The van der Waals surface area contributed by atoms with Crippen LogP contribution in [-0.2, 0) is 17.0 Å². The molecule has 214 valence electrons. The SMILES string of the molecule is CC(C)(C)OC(=O)NCc1cc(C(C=Nc2c(Cl)cc(C(F)(C(F)(F)F)C(F)(F)F)cc2Cl)=CN)ccc1Cl. The van der Waals surface area contributed by atoms with Gasteiger partial charge in [-0.05, 0) is 56.2 Å². The van der Waals surface area contributed by atoms with Crippen LogP contribution in [0.1, 0.15) is 37.5 Å². The molecule has 0 saturated carbocycles. The molecule has 2 rings (SSSR count). The highest BCUT2D eigenvalue weighted by atomic mass is 35.5. The number of alkyl carbamates (subject to hydrolysis) is 1. The van der Waals surface area contributed by atoms with Gasteiger partial charge in [-0.2, -0.15) is 26.3 Å². The Morgan fingerprint density at radius 3 is 1.95 bits per heavy atom. The average molecular weight is 623 g/mol. The Kier molecular flexibility index (Phi) is 9.85. The fourth-order valence-electron chi connectivity index (χ4n) is 3.10. The summed E-state index contributed by atoms with van der Waals surface area (Å²) >= 11 is 17.9. The molecule has 0 atom stereocenters. The van der Waals surface area contributed by atoms with Crippen molar-refractivity contribution in [3.8, 4) is 0 Å². The fourth-order valence-corrected chi connectivity index (χ4v) is 3.86. The molecule has 0 bridgehead atoms. The maximum Gasteiger partial charge on any atom is 0.435 e. The van der Waals surface area contributed by atoms with Crippen molar-refractivity contribution in [2.45, 2.75) is 50.9 Å². The molecule has 3 N–H and O–H groups in total. The largest absolute Gasteiger partial charge is 0.444 e. The van der Waals surface area contributed by atoms with Crippen molar-refractivity contribution in [2.24, 2.45) is 10.7 Å². The molecule has 0 aromatic heterocycles. The van der Waals surface area contributed by atoms with Crippen LogP contribution in [0.15, 0.2) is 41.5 Å². The lowest BCUT2D eigenvalue weighted by atomic mass is 9.94. The summed E-state index contributed by atoms with van der Waals surface area (Å²) in [7, 11) is 0. The van der Waals surface area contributed by atoms with Crippen molar-refractivity contribution in [2.75, 3.05) is 0 Å². The Bertz CT molecular complexity index is 1250. The third kappa shape index (κ3) is 7.70. The zero-order valence-corrected chi connectivity index (χ0v) is 22.6. The Labute approximate surface area is 233 Å². The maximum absolute atomic E-state index is 14.4. The Morgan fingerprint density at radius 1 is 0.949 bits per heavy atom. The summed E-state index contributed by atoms with van der Waals surface area (Å²) in [4.78, 5) is 15.9. The molecule has 5 nitrogen and oxygen atoms in total. The number of carbonyl (C=O) groups excluding carboxylic acids is 1. The predicted molar refractivity (Wildman–Crippen MR) is 136 cm³/mol. The minimum atomic E-state index is -6.34. The molecular formula is C24H21Cl3F7N3O2. The van der Waals surface area contributed by atoms with Crippen molar-refractivity contribution >= 4 is 58.4 Å². The zero-order valence-electron chi connectivity index (χ0n) is 20.4. The Morgan fingerprint density at radius 2 is 1.49 bits per heavy atom. The van der Waals surface area contributed by atoms with Gasteiger partial charge in [-0.3, -0.25) is 4.99 Å². The molecule has 2 aromatic carbocycles. The van der Waals surface area contributed by atoms with Crippen LogP contribution in [-0.4, -0.2) is 30.3 Å². The number of benzene rings is 2. The third-order valence-electron chi connectivity index (χ3n) is 4.91. The van der Waals surface area contributed by atoms with E-state index in [2.05, 4.69) is 10.3 Å². The number of amides is 1. The molecule has 39 heavy (non-hydrogen) atoms. The molecule has 0 aliphatic heterocycles. The van der Waals surface area contributed by atoms with Crippen LogP contribution in [0.4, 0.5) is 41.2 Å². The predicted octanol–water partition coefficient (Wildman–Crippen LogP) is 8.66. The fraction of sp³-hybridized carbons (Fsp3) is 0.333. The molecule has 0 radical (unpaired) electrons. The molecule has 15 heteroatoms. The second kappa shape index (κ2) is 11.8. The molecule has 1 amide bonds. The Hall–Kier alpha value is -2.70. The van der Waals surface area contributed by atoms with E-state index >= 15 is 0 Å². The smallest absolute Gasteiger partial charge is 0.435 e. The normalized spacial score (nSPS) is 13.6. The number of nitrogens with zero attached hydrogens (tertiary/aromatic N) is 1. The van der Waals surface area contributed by atoms with E-state index in [1.165, 1.54) is 12.1 Å². The number of allylic oxidation sites excluding steroid dienone is 1. The standard InChI is InChI=1S/C24H21Cl3F7N3O2/c1-21(2,3)39-20(38)37-10-13-6-12(4-5-16(13)25)14(9-35)11-36-19-17(26)7-15(8-18(19)27)22(28,23(29,30)31)24(32,33)34/h4-9,11H,10,35H2,1-3H3,(H,37,38). The van der Waals surface area contributed by atoms with Crippen LogP contribution in [0.2, 0.25) is 15.1 Å². The minimum Gasteiger partial charge on any atom is -0.444 e. The summed E-state index contributed by atoms with van der Waals surface area (Å²) in [5.41, 5.74) is -2.02. The highest BCUT2D eigenvalue weighted by Gasteiger charge is 2.73. The number of halogens is 10. The highest BCUT2D eigenvalue weighted by Crippen LogP contribution is 2.54. The summed E-state index contributed by atoms with van der Waals surface area (Å²) in [6.07, 6.45) is -11.2. The van der Waals surface area contributed by atoms with E-state index in [1.54, 1.807) is 26.8 Å². The van der Waals surface area contributed by atoms with Crippen LogP contribution >= 0.6 is 34.8 Å². The molecule has 0 heterocycles. The van der Waals surface area contributed by atoms with Gasteiger partial charge in [0, 0.05) is 35.1 Å². The van der Waals surface area contributed by atoms with Gasteiger partial charge >= 0.3 is 24.1 Å². The number of alkyl halides is 7. The van der Waals surface area contributed by atoms with Gasteiger partial charge in [0.25, 0.3) is 0 Å². The van der Waals surface area contributed by atoms with E-state index < -0.39 is 51.0 Å². The van der Waals surface area contributed by atoms with Crippen molar-refractivity contribution in [1.29, 1.82) is 0 Å². The summed E-state index contributed by atoms with van der Waals surface area (Å²) in [5, 5.41) is 1.26. The van der Waals surface area contributed by atoms with Gasteiger partial charge in [-0.15, -0.1) is 0 Å². The molecule has 0 aliphatic rings. The van der Waals surface area contributed by atoms with Gasteiger partial charge in [-0.1, -0.05) is 40.9 Å². The lowest BCUT2D eigenvalue weighted by Gasteiger charge is -2.30. The number of ether oxygens (including phenoxy) is 1. The molecule has 0 unspecified atom stereocenters. The van der Waals surface area contributed by atoms with Crippen molar-refractivity contribution < 1.29 is 40.3 Å². The van der Waals surface area contributed by atoms with Crippen molar-refractivity contribution in [3.05, 3.63) is 68.3 Å². The van der Waals surface area contributed by atoms with E-state index in [-0.39, 0.29) is 29.3 Å². The highest BCUT2D eigenvalue weighted by molar-refractivity contribution is 6.39. The van der Waals surface area contributed by atoms with E-state index in [4.69, 9.17) is 45.3 Å². The van der Waals surface area contributed by atoms with Crippen LogP contribution in [0.25, 0.3) is 5.57 Å². The first kappa shape index (κ1) is 32.5. The molecule has 2 aromatic rings. The first-order valence-corrected chi connectivity index (χ1v) is 11.9. The van der Waals surface area contributed by atoms with Gasteiger partial charge < -0.3 is 15.8 Å². The van der Waals surface area contributed by atoms with Crippen LogP contribution in [0, 0.1) is 0 Å². The molecule has 0 spiro atoms. The quantitative estimate of drug-likeness (QED) is 0.250. The number of nitrogens with two attached hydrogens (primary N) is 1. The van der Waals surface area contributed by atoms with Gasteiger partial charge in [0.15, 0.2) is 0 Å². The third-order valence-corrected chi connectivity index (χ3v) is 5.85. The number of hydrogen-bond acceptors (Lipinski definition) is 4. The maximum atomic E-state index is 14.4. The summed E-state index contributed by atoms with van der Waals surface area (Å²) in [6.45, 7) is 5.03. The molecular weight excluding hydrogens is 602 g/mol. The average Bonchev–Trinajstić information content (AvgIpc) is 2.77. The lowest BCUT2D eigenvalue weighted by molar-refractivity contribution is -0.348. The number of hydrogen-bond donors (Lipinski definition) is 2. The minimum absolute atomic E-state index is 0.0287. The van der Waals surface area contributed by atoms with Crippen LogP contribution in [0.5, 0.6) is 0 Å². The first-order chi connectivity index (χ1) is 17.7. The first-order valence-electron chi connectivity index (χ1n) is 10.7. The molecule has 0 fully saturated rings. The van der Waals surface area contributed by atoms with Crippen LogP contribution in [0.3, 0.4) is 0 Å².